The molecule has 0 atom stereocenters. The van der Waals surface area contributed by atoms with Gasteiger partial charge >= 0.3 is 0 Å². The second kappa shape index (κ2) is 6.22. The molecule has 0 radical (unpaired) electrons. The lowest BCUT2D eigenvalue weighted by Crippen LogP contribution is -2.26. The molecule has 0 aliphatic heterocycles. The quantitative estimate of drug-likeness (QED) is 0.846. The zero-order valence-corrected chi connectivity index (χ0v) is 13.6. The molecule has 0 aliphatic carbocycles. The zero-order valence-electron chi connectivity index (χ0n) is 11.2. The number of halogens is 1. The molecule has 0 saturated heterocycles. The van der Waals surface area contributed by atoms with Gasteiger partial charge in [0, 0.05) is 24.7 Å². The molecule has 108 valence electrons. The van der Waals surface area contributed by atoms with Crippen LogP contribution >= 0.6 is 22.9 Å². The fourth-order valence-corrected chi connectivity index (χ4v) is 4.35. The number of aryl methyl sites for hydroxylation is 1. The molecule has 0 spiro atoms. The first-order chi connectivity index (χ1) is 9.45. The van der Waals surface area contributed by atoms with E-state index in [0.29, 0.717) is 6.54 Å². The van der Waals surface area contributed by atoms with E-state index in [4.69, 9.17) is 11.6 Å². The van der Waals surface area contributed by atoms with Crippen LogP contribution in [0.1, 0.15) is 16.8 Å². The third kappa shape index (κ3) is 3.20. The van der Waals surface area contributed by atoms with Gasteiger partial charge in [0.1, 0.15) is 4.90 Å². The fourth-order valence-electron chi connectivity index (χ4n) is 1.71. The minimum atomic E-state index is -3.59. The third-order valence-electron chi connectivity index (χ3n) is 2.81. The number of rotatable bonds is 5. The Balaban J connectivity index is 2.23. The maximum absolute atomic E-state index is 12.5. The molecule has 2 aromatic rings. The van der Waals surface area contributed by atoms with Crippen molar-refractivity contribution in [3.05, 3.63) is 45.4 Å². The van der Waals surface area contributed by atoms with Gasteiger partial charge < -0.3 is 0 Å². The number of aromatic nitrogens is 1. The summed E-state index contributed by atoms with van der Waals surface area (Å²) in [5.41, 5.74) is 0. The molecule has 0 unspecified atom stereocenters. The predicted octanol–water partition coefficient (Wildman–Crippen LogP) is 3.18. The monoisotopic (exact) mass is 330 g/mol. The van der Waals surface area contributed by atoms with Crippen LogP contribution < -0.4 is 0 Å². The molecule has 20 heavy (non-hydrogen) atoms. The van der Waals surface area contributed by atoms with Crippen molar-refractivity contribution in [1.29, 1.82) is 0 Å². The molecule has 4 nitrogen and oxygen atoms in total. The van der Waals surface area contributed by atoms with Crippen molar-refractivity contribution in [2.45, 2.75) is 24.8 Å². The molecular weight excluding hydrogens is 316 g/mol. The predicted molar refractivity (Wildman–Crippen MR) is 81.6 cm³/mol. The molecule has 0 aliphatic rings. The lowest BCUT2D eigenvalue weighted by atomic mass is 10.4. The standard InChI is InChI=1S/C13H15ClN2O2S2/c1-3-13-15-8-10(19-13)9-16(2)20(17,18)12-7-5-4-6-11(12)14/h4-8H,3,9H2,1-2H3. The van der Waals surface area contributed by atoms with Crippen molar-refractivity contribution in [1.82, 2.24) is 9.29 Å². The summed E-state index contributed by atoms with van der Waals surface area (Å²) in [5.74, 6) is 0. The zero-order chi connectivity index (χ0) is 14.8. The van der Waals surface area contributed by atoms with Crippen LogP contribution in [0.3, 0.4) is 0 Å². The maximum atomic E-state index is 12.5. The summed E-state index contributed by atoms with van der Waals surface area (Å²) in [6.45, 7) is 2.32. The van der Waals surface area contributed by atoms with Crippen LogP contribution in [0.2, 0.25) is 5.02 Å². The Hall–Kier alpha value is -0.950. The minimum Gasteiger partial charge on any atom is -0.249 e. The van der Waals surface area contributed by atoms with E-state index in [2.05, 4.69) is 4.98 Å². The van der Waals surface area contributed by atoms with E-state index < -0.39 is 10.0 Å². The smallest absolute Gasteiger partial charge is 0.244 e. The van der Waals surface area contributed by atoms with Gasteiger partial charge in [-0.15, -0.1) is 11.3 Å². The first-order valence-corrected chi connectivity index (χ1v) is 8.73. The minimum absolute atomic E-state index is 0.129. The molecule has 1 heterocycles. The Morgan fingerprint density at radius 1 is 1.35 bits per heavy atom. The van der Waals surface area contributed by atoms with Gasteiger partial charge in [-0.2, -0.15) is 4.31 Å². The summed E-state index contributed by atoms with van der Waals surface area (Å²) in [6.07, 6.45) is 2.58. The average Bonchev–Trinajstić information content (AvgIpc) is 2.86. The number of nitrogens with zero attached hydrogens (tertiary/aromatic N) is 2. The summed E-state index contributed by atoms with van der Waals surface area (Å²) >= 11 is 7.49. The van der Waals surface area contributed by atoms with Gasteiger partial charge in [-0.25, -0.2) is 13.4 Å². The highest BCUT2D eigenvalue weighted by Crippen LogP contribution is 2.25. The lowest BCUT2D eigenvalue weighted by molar-refractivity contribution is 0.469. The second-order valence-corrected chi connectivity index (χ2v) is 7.89. The van der Waals surface area contributed by atoms with Gasteiger partial charge in [0.2, 0.25) is 10.0 Å². The number of hydrogen-bond donors (Lipinski definition) is 0. The van der Waals surface area contributed by atoms with E-state index in [1.165, 1.54) is 21.7 Å². The van der Waals surface area contributed by atoms with Crippen LogP contribution in [0.4, 0.5) is 0 Å². The Kier molecular flexibility index (Phi) is 4.80. The second-order valence-electron chi connectivity index (χ2n) is 4.27. The summed E-state index contributed by atoms with van der Waals surface area (Å²) in [6, 6.07) is 6.45. The Labute approximate surface area is 128 Å². The van der Waals surface area contributed by atoms with E-state index in [0.717, 1.165) is 16.3 Å². The van der Waals surface area contributed by atoms with Gasteiger partial charge in [0.05, 0.1) is 10.0 Å². The van der Waals surface area contributed by atoms with Crippen molar-refractivity contribution in [2.24, 2.45) is 0 Å². The van der Waals surface area contributed by atoms with Crippen molar-refractivity contribution >= 4 is 33.0 Å². The van der Waals surface area contributed by atoms with Crippen LogP contribution in [0.25, 0.3) is 0 Å². The van der Waals surface area contributed by atoms with Crippen molar-refractivity contribution < 1.29 is 8.42 Å². The summed E-state index contributed by atoms with van der Waals surface area (Å²) in [7, 11) is -2.04. The largest absolute Gasteiger partial charge is 0.249 e. The number of benzene rings is 1. The highest BCUT2D eigenvalue weighted by Gasteiger charge is 2.23. The molecule has 0 N–H and O–H groups in total. The molecular formula is C13H15ClN2O2S2. The van der Waals surface area contributed by atoms with Crippen LogP contribution in [-0.4, -0.2) is 24.8 Å². The van der Waals surface area contributed by atoms with E-state index in [9.17, 15) is 8.42 Å². The first-order valence-electron chi connectivity index (χ1n) is 6.09. The molecule has 0 amide bonds. The maximum Gasteiger partial charge on any atom is 0.244 e. The third-order valence-corrected chi connectivity index (χ3v) is 6.24. The summed E-state index contributed by atoms with van der Waals surface area (Å²) in [4.78, 5) is 5.28. The molecule has 1 aromatic carbocycles. The first kappa shape index (κ1) is 15.4. The SMILES string of the molecule is CCc1ncc(CN(C)S(=O)(=O)c2ccccc2Cl)s1. The van der Waals surface area contributed by atoms with Crippen LogP contribution in [-0.2, 0) is 23.0 Å². The van der Waals surface area contributed by atoms with Crippen molar-refractivity contribution in [3.63, 3.8) is 0 Å². The summed E-state index contributed by atoms with van der Waals surface area (Å²) < 4.78 is 26.2. The van der Waals surface area contributed by atoms with E-state index in [-0.39, 0.29) is 9.92 Å². The normalized spacial score (nSPS) is 12.0. The van der Waals surface area contributed by atoms with Gasteiger partial charge in [0.15, 0.2) is 0 Å². The fraction of sp³-hybridized carbons (Fsp3) is 0.308. The van der Waals surface area contributed by atoms with E-state index >= 15 is 0 Å². The Bertz CT molecular complexity index is 698. The van der Waals surface area contributed by atoms with Crippen molar-refractivity contribution in [2.75, 3.05) is 7.05 Å². The highest BCUT2D eigenvalue weighted by atomic mass is 35.5. The van der Waals surface area contributed by atoms with Crippen LogP contribution in [0.5, 0.6) is 0 Å². The van der Waals surface area contributed by atoms with Gasteiger partial charge in [-0.1, -0.05) is 30.7 Å². The van der Waals surface area contributed by atoms with E-state index in [1.54, 1.807) is 31.4 Å². The lowest BCUT2D eigenvalue weighted by Gasteiger charge is -2.16. The Morgan fingerprint density at radius 3 is 2.65 bits per heavy atom. The van der Waals surface area contributed by atoms with Gasteiger partial charge in [-0.3, -0.25) is 0 Å². The van der Waals surface area contributed by atoms with Gasteiger partial charge in [0.25, 0.3) is 0 Å². The highest BCUT2D eigenvalue weighted by molar-refractivity contribution is 7.89. The number of thiazole rings is 1. The Morgan fingerprint density at radius 2 is 2.05 bits per heavy atom. The number of sulfonamides is 1. The molecule has 1 aromatic heterocycles. The number of hydrogen-bond acceptors (Lipinski definition) is 4. The molecule has 7 heteroatoms. The molecule has 0 fully saturated rings. The molecule has 0 bridgehead atoms. The topological polar surface area (TPSA) is 50.3 Å². The molecule has 2 rings (SSSR count). The van der Waals surface area contributed by atoms with Crippen LogP contribution in [0.15, 0.2) is 35.4 Å². The van der Waals surface area contributed by atoms with E-state index in [1.807, 2.05) is 6.92 Å². The average molecular weight is 331 g/mol. The molecule has 0 saturated carbocycles. The van der Waals surface area contributed by atoms with Gasteiger partial charge in [-0.05, 0) is 18.6 Å². The summed E-state index contributed by atoms with van der Waals surface area (Å²) in [5, 5.41) is 1.24. The van der Waals surface area contributed by atoms with Crippen molar-refractivity contribution in [3.8, 4) is 0 Å². The van der Waals surface area contributed by atoms with Crippen LogP contribution in [0, 0.1) is 0 Å².